The van der Waals surface area contributed by atoms with Crippen LogP contribution in [0.3, 0.4) is 0 Å². The molecule has 0 aliphatic carbocycles. The highest BCUT2D eigenvalue weighted by molar-refractivity contribution is 7.91. The zero-order valence-electron chi connectivity index (χ0n) is 76.5. The van der Waals surface area contributed by atoms with Gasteiger partial charge in [0.05, 0.1) is 44.7 Å². The summed E-state index contributed by atoms with van der Waals surface area (Å²) in [5, 5.41) is 19.4. The molecule has 0 saturated carbocycles. The van der Waals surface area contributed by atoms with Crippen LogP contribution in [0.5, 0.6) is 0 Å². The number of likely N-dealkylation sites (tertiary alicyclic amines) is 3. The Morgan fingerprint density at radius 3 is 0.978 bits per heavy atom. The van der Waals surface area contributed by atoms with E-state index in [2.05, 4.69) is 58.7 Å². The summed E-state index contributed by atoms with van der Waals surface area (Å²) in [6, 6.07) is 39.6. The third-order valence-electron chi connectivity index (χ3n) is 26.7. The van der Waals surface area contributed by atoms with Crippen molar-refractivity contribution in [3.8, 4) is 44.5 Å². The minimum absolute atomic E-state index is 0.0519. The van der Waals surface area contributed by atoms with E-state index in [-0.39, 0.29) is 85.5 Å². The number of carbonyl (C=O) groups excluding carboxylic acids is 4. The Bertz CT molecular complexity index is 5140. The lowest BCUT2D eigenvalue weighted by Crippen LogP contribution is -2.43. The van der Waals surface area contributed by atoms with Crippen LogP contribution in [0, 0.1) is 47.3 Å². The molecule has 5 N–H and O–H groups in total. The van der Waals surface area contributed by atoms with Gasteiger partial charge in [0, 0.05) is 240 Å². The summed E-state index contributed by atoms with van der Waals surface area (Å²) in [5.41, 5.74) is 13.7. The lowest BCUT2D eigenvalue weighted by molar-refractivity contribution is -0.152. The van der Waals surface area contributed by atoms with Gasteiger partial charge in [-0.3, -0.25) is 48.9 Å². The Morgan fingerprint density at radius 1 is 0.393 bits per heavy atom. The second kappa shape index (κ2) is 51.6. The van der Waals surface area contributed by atoms with Crippen molar-refractivity contribution >= 4 is 102 Å². The first-order chi connectivity index (χ1) is 65.0. The number of anilines is 4. The van der Waals surface area contributed by atoms with Crippen LogP contribution in [0.2, 0.25) is 20.1 Å². The first kappa shape index (κ1) is 104. The van der Waals surface area contributed by atoms with Gasteiger partial charge in [0.1, 0.15) is 39.6 Å². The average molecular weight is 1970 g/mol. The number of benzene rings is 4. The maximum atomic E-state index is 12.9. The number of hydrogen-bond donors (Lipinski definition) is 5. The number of rotatable bonds is 32. The van der Waals surface area contributed by atoms with Crippen molar-refractivity contribution in [1.29, 1.82) is 0 Å². The number of alkyl halides is 7. The zero-order valence-corrected chi connectivity index (χ0v) is 80.3. The molecule has 16 rings (SSSR count). The molecule has 12 heterocycles. The number of ether oxygens (including phenoxy) is 3. The van der Waals surface area contributed by atoms with Crippen molar-refractivity contribution in [2.45, 2.75) is 141 Å². The van der Waals surface area contributed by atoms with Crippen molar-refractivity contribution in [1.82, 2.24) is 40.0 Å². The van der Waals surface area contributed by atoms with Crippen molar-refractivity contribution in [2.75, 3.05) is 177 Å². The fraction of sp³-hybridized carbons (Fsp3) is 0.529. The summed E-state index contributed by atoms with van der Waals surface area (Å²) in [6.45, 7) is 10.7. The SMILES string of the molecule is O=C(Cc1cc(-c2cccc(NCC3CCOCC3)c2)c(Cl)cn1)[C@@H]1CCCN(CC(F)(F)F)C1.O=C(Cc1cc(-c2cccc(NCC3CCOCC3)c2)c(Cl)cn1)[C@H]1CCCN(CC(F)(F)F)C1.O=C(Cc1cc(-c2cccc(NCC3CCOCC3)c2)c(Cl)cn1)[C@H]1CCCN(CCF)C1.O=C(Cc1cc(-c2cccc(NCC3CCS(=O)(=O)CC3)c2)c(Cl)cn1)[C@@H]1CCCNC1. The minimum Gasteiger partial charge on any atom is -0.385 e. The molecule has 8 saturated heterocycles. The number of aromatic nitrogens is 4. The van der Waals surface area contributed by atoms with E-state index < -0.39 is 47.1 Å². The second-order valence-corrected chi connectivity index (χ2v) is 41.0. The van der Waals surface area contributed by atoms with Crippen LogP contribution in [-0.4, -0.2) is 235 Å². The molecule has 8 aliphatic heterocycles. The highest BCUT2D eigenvalue weighted by Gasteiger charge is 2.38. The van der Waals surface area contributed by atoms with Crippen molar-refractivity contribution in [3.63, 3.8) is 0 Å². The van der Waals surface area contributed by atoms with Gasteiger partial charge in [0.25, 0.3) is 0 Å². The Morgan fingerprint density at radius 2 is 0.681 bits per heavy atom. The molecule has 0 spiro atoms. The first-order valence-electron chi connectivity index (χ1n) is 47.6. The molecule has 4 aromatic heterocycles. The van der Waals surface area contributed by atoms with Gasteiger partial charge < -0.3 is 45.7 Å². The molecule has 4 aromatic carbocycles. The minimum atomic E-state index is -4.26. The Balaban J connectivity index is 0.000000153. The third kappa shape index (κ3) is 33.8. The van der Waals surface area contributed by atoms with Crippen LogP contribution < -0.4 is 26.6 Å². The van der Waals surface area contributed by atoms with Gasteiger partial charge in [-0.2, -0.15) is 26.3 Å². The molecule has 21 nitrogen and oxygen atoms in total. The van der Waals surface area contributed by atoms with Crippen LogP contribution in [0.15, 0.2) is 146 Å². The quantitative estimate of drug-likeness (QED) is 0.0246. The number of pyridine rings is 4. The molecule has 8 fully saturated rings. The molecule has 0 unspecified atom stereocenters. The normalized spacial score (nSPS) is 20.3. The maximum Gasteiger partial charge on any atom is 0.401 e. The van der Waals surface area contributed by atoms with Gasteiger partial charge in [0.15, 0.2) is 0 Å². The summed E-state index contributed by atoms with van der Waals surface area (Å²) in [7, 11) is -2.84. The summed E-state index contributed by atoms with van der Waals surface area (Å²) in [4.78, 5) is 73.6. The molecular formula is C102H125Cl4F7N12O9S. The van der Waals surface area contributed by atoms with Crippen LogP contribution in [-0.2, 0) is 68.9 Å². The molecule has 0 amide bonds. The lowest BCUT2D eigenvalue weighted by Gasteiger charge is -2.32. The topological polar surface area (TPSA) is 252 Å². The smallest absolute Gasteiger partial charge is 0.385 e. The van der Waals surface area contributed by atoms with Crippen molar-refractivity contribution in [3.05, 3.63) is 189 Å². The monoisotopic (exact) mass is 1970 g/mol. The average Bonchev–Trinajstić information content (AvgIpc) is 0.827. The fourth-order valence-corrected chi connectivity index (χ4v) is 21.4. The van der Waals surface area contributed by atoms with E-state index in [4.69, 9.17) is 60.6 Å². The van der Waals surface area contributed by atoms with Crippen LogP contribution in [0.1, 0.15) is 126 Å². The number of carbonyl (C=O) groups is 4. The number of halogens is 11. The number of hydrogen-bond acceptors (Lipinski definition) is 21. The molecule has 730 valence electrons. The summed E-state index contributed by atoms with van der Waals surface area (Å²) >= 11 is 25.9. The number of Topliss-reactive ketones (excluding diaryl/α,β-unsaturated/α-hetero) is 4. The van der Waals surface area contributed by atoms with Crippen molar-refractivity contribution in [2.24, 2.45) is 47.3 Å². The van der Waals surface area contributed by atoms with E-state index in [0.29, 0.717) is 126 Å². The fourth-order valence-electron chi connectivity index (χ4n) is 18.9. The molecule has 135 heavy (non-hydrogen) atoms. The molecule has 4 atom stereocenters. The number of ketones is 4. The first-order valence-corrected chi connectivity index (χ1v) is 50.9. The standard InChI is InChI=1S/2C26H31ClF3N3O2.C26H33ClFN3O2.C24H30ClN3O3S/c2*27-24-15-32-22(13-25(34)20-4-2-8-33(16-20)17-26(28,29)30)12-23(24)19-3-1-5-21(11-19)31-14-18-6-9-35-10-7-18;27-25-17-30-23(15-26(32)21-4-2-9-31(18-21)10-8-28)14-24(25)20-3-1-5-22(13-20)29-16-19-6-11-33-12-7-19;25-23-16-28-21(13-24(29)19-4-2-8-26-15-19)12-22(23)18-3-1-5-20(11-18)27-14-17-6-9-32(30,31)10-7-17/h2*1,3,5,11-12,15,18,20,31H,2,4,6-10,13-14,16-17H2;1,3,5,13-14,17,19,21,29H,2,4,6-12,15-16,18H2;1,3,5,11-12,16-17,19,26-27H,2,4,6-10,13-15H2/t2*20-;21-;19-/m1001/s1. The Labute approximate surface area is 808 Å². The van der Waals surface area contributed by atoms with Gasteiger partial charge in [0.2, 0.25) is 0 Å². The molecule has 0 radical (unpaired) electrons. The van der Waals surface area contributed by atoms with Gasteiger partial charge in [-0.15, -0.1) is 0 Å². The Hall–Kier alpha value is -8.30. The van der Waals surface area contributed by atoms with Crippen LogP contribution >= 0.6 is 46.4 Å². The second-order valence-electron chi connectivity index (χ2n) is 37.1. The van der Waals surface area contributed by atoms with Gasteiger partial charge in [-0.25, -0.2) is 12.8 Å². The van der Waals surface area contributed by atoms with E-state index in [1.165, 1.54) is 9.80 Å². The van der Waals surface area contributed by atoms with Gasteiger partial charge >= 0.3 is 12.4 Å². The van der Waals surface area contributed by atoms with E-state index in [1.807, 2.05) is 114 Å². The predicted molar refractivity (Wildman–Crippen MR) is 521 cm³/mol. The van der Waals surface area contributed by atoms with E-state index >= 15 is 0 Å². The molecular weight excluding hydrogens is 1840 g/mol. The zero-order chi connectivity index (χ0) is 95.3. The molecule has 8 aliphatic rings. The highest BCUT2D eigenvalue weighted by atomic mass is 35.5. The Kier molecular flexibility index (Phi) is 39.7. The number of nitrogens with zero attached hydrogens (tertiary/aromatic N) is 7. The number of nitrogens with one attached hydrogen (secondary N) is 5. The third-order valence-corrected chi connectivity index (χ3v) is 29.6. The lowest BCUT2D eigenvalue weighted by atomic mass is 9.91. The molecule has 33 heteroatoms. The van der Waals surface area contributed by atoms with Crippen molar-refractivity contribution < 1.29 is 72.5 Å². The summed E-state index contributed by atoms with van der Waals surface area (Å²) in [6.07, 6.45) is 12.5. The number of piperidine rings is 4. The van der Waals surface area contributed by atoms with Gasteiger partial charge in [-0.1, -0.05) is 94.9 Å². The molecule has 0 bridgehead atoms. The van der Waals surface area contributed by atoms with Gasteiger partial charge in [-0.05, 0) is 248 Å². The van der Waals surface area contributed by atoms with E-state index in [9.17, 15) is 58.3 Å². The predicted octanol–water partition coefficient (Wildman–Crippen LogP) is 20.0. The summed E-state index contributed by atoms with van der Waals surface area (Å²) < 4.78 is 129. The highest BCUT2D eigenvalue weighted by Crippen LogP contribution is 2.38. The van der Waals surface area contributed by atoms with E-state index in [0.717, 1.165) is 228 Å². The van der Waals surface area contributed by atoms with Crippen LogP contribution in [0.25, 0.3) is 44.5 Å². The number of sulfone groups is 1. The van der Waals surface area contributed by atoms with Crippen LogP contribution in [0.4, 0.5) is 53.5 Å². The maximum absolute atomic E-state index is 12.9. The summed E-state index contributed by atoms with van der Waals surface area (Å²) in [5.74, 6) is 2.15. The van der Waals surface area contributed by atoms with E-state index in [1.54, 1.807) is 24.8 Å². The largest absolute Gasteiger partial charge is 0.401 e. The molecule has 8 aromatic rings.